The van der Waals surface area contributed by atoms with E-state index < -0.39 is 0 Å². The number of phenols is 1. The number of hydrogen-bond acceptors (Lipinski definition) is 5. The zero-order valence-corrected chi connectivity index (χ0v) is 19.1. The lowest BCUT2D eigenvalue weighted by Crippen LogP contribution is -2.18. The Kier molecular flexibility index (Phi) is 6.90. The fourth-order valence-corrected chi connectivity index (χ4v) is 4.06. The summed E-state index contributed by atoms with van der Waals surface area (Å²) in [7, 11) is 2.06. The molecule has 0 unspecified atom stereocenters. The van der Waals surface area contributed by atoms with Crippen LogP contribution < -0.4 is 0 Å². The molecular weight excluding hydrogens is 366 g/mol. The van der Waals surface area contributed by atoms with Crippen molar-refractivity contribution in [2.75, 3.05) is 13.6 Å². The van der Waals surface area contributed by atoms with Gasteiger partial charge in [-0.15, -0.1) is 11.3 Å². The maximum absolute atomic E-state index is 10.9. The monoisotopic (exact) mass is 399 g/mol. The molecule has 152 valence electrons. The van der Waals surface area contributed by atoms with Gasteiger partial charge in [-0.2, -0.15) is 5.26 Å². The third-order valence-corrected chi connectivity index (χ3v) is 5.64. The number of benzene rings is 1. The highest BCUT2D eigenvalue weighted by Crippen LogP contribution is 2.42. The molecule has 1 aromatic carbocycles. The van der Waals surface area contributed by atoms with Crippen LogP contribution in [-0.2, 0) is 17.4 Å². The lowest BCUT2D eigenvalue weighted by Gasteiger charge is -2.28. The van der Waals surface area contributed by atoms with Gasteiger partial charge in [-0.3, -0.25) is 4.90 Å². The van der Waals surface area contributed by atoms with E-state index in [0.717, 1.165) is 46.9 Å². The van der Waals surface area contributed by atoms with Gasteiger partial charge in [-0.25, -0.2) is 4.98 Å². The highest BCUT2D eigenvalue weighted by atomic mass is 32.1. The first-order valence-electron chi connectivity index (χ1n) is 9.81. The molecule has 0 bridgehead atoms. The van der Waals surface area contributed by atoms with Crippen LogP contribution >= 0.6 is 11.3 Å². The minimum absolute atomic E-state index is 0.153. The van der Waals surface area contributed by atoms with E-state index in [2.05, 4.69) is 77.1 Å². The van der Waals surface area contributed by atoms with Crippen molar-refractivity contribution < 1.29 is 5.11 Å². The standard InChI is InChI=1S/C23H33N3OS/c1-22(2,3)17-12-16(13-18(21(17)27)23(4,5)6)19-15-28-20(25-19)14-26(7)11-9-8-10-24/h12-13,15,27H,8-9,11,14H2,1-7H3. The van der Waals surface area contributed by atoms with Crippen LogP contribution in [-0.4, -0.2) is 28.6 Å². The molecule has 2 rings (SSSR count). The first kappa shape index (κ1) is 22.4. The number of aromatic nitrogens is 1. The lowest BCUT2D eigenvalue weighted by molar-refractivity contribution is 0.323. The summed E-state index contributed by atoms with van der Waals surface area (Å²) in [4.78, 5) is 7.06. The van der Waals surface area contributed by atoms with Gasteiger partial charge in [0.2, 0.25) is 0 Å². The second-order valence-corrected chi connectivity index (χ2v) is 10.5. The Morgan fingerprint density at radius 3 is 2.18 bits per heavy atom. The molecule has 0 amide bonds. The maximum Gasteiger partial charge on any atom is 0.123 e. The highest BCUT2D eigenvalue weighted by molar-refractivity contribution is 7.09. The van der Waals surface area contributed by atoms with Crippen LogP contribution in [0.4, 0.5) is 0 Å². The van der Waals surface area contributed by atoms with E-state index in [1.807, 2.05) is 0 Å². The molecule has 0 fully saturated rings. The van der Waals surface area contributed by atoms with E-state index >= 15 is 0 Å². The first-order valence-corrected chi connectivity index (χ1v) is 10.7. The van der Waals surface area contributed by atoms with Crippen molar-refractivity contribution in [3.05, 3.63) is 33.6 Å². The molecule has 0 radical (unpaired) electrons. The van der Waals surface area contributed by atoms with Crippen molar-refractivity contribution in [3.63, 3.8) is 0 Å². The highest BCUT2D eigenvalue weighted by Gasteiger charge is 2.27. The van der Waals surface area contributed by atoms with E-state index in [9.17, 15) is 5.11 Å². The van der Waals surface area contributed by atoms with Crippen molar-refractivity contribution in [1.29, 1.82) is 5.26 Å². The average Bonchev–Trinajstić information content (AvgIpc) is 3.01. The Morgan fingerprint density at radius 2 is 1.68 bits per heavy atom. The molecule has 1 heterocycles. The second-order valence-electron chi connectivity index (χ2n) is 9.55. The number of hydrogen-bond donors (Lipinski definition) is 1. The summed E-state index contributed by atoms with van der Waals surface area (Å²) in [5.74, 6) is 0.399. The topological polar surface area (TPSA) is 60.2 Å². The third-order valence-electron chi connectivity index (χ3n) is 4.81. The fourth-order valence-electron chi connectivity index (χ4n) is 3.18. The van der Waals surface area contributed by atoms with Crippen LogP contribution in [0, 0.1) is 11.3 Å². The summed E-state index contributed by atoms with van der Waals surface area (Å²) in [6, 6.07) is 6.36. The Morgan fingerprint density at radius 1 is 1.11 bits per heavy atom. The van der Waals surface area contributed by atoms with Gasteiger partial charge in [0.15, 0.2) is 0 Å². The lowest BCUT2D eigenvalue weighted by atomic mass is 9.78. The van der Waals surface area contributed by atoms with E-state index in [0.29, 0.717) is 12.2 Å². The summed E-state index contributed by atoms with van der Waals surface area (Å²) in [6.07, 6.45) is 1.47. The number of rotatable bonds is 6. The van der Waals surface area contributed by atoms with Crippen LogP contribution in [0.1, 0.15) is 70.5 Å². The number of thiazole rings is 1. The molecule has 0 spiro atoms. The third kappa shape index (κ3) is 5.56. The van der Waals surface area contributed by atoms with Gasteiger partial charge in [-0.05, 0) is 43.0 Å². The molecule has 0 atom stereocenters. The maximum atomic E-state index is 10.9. The molecule has 4 nitrogen and oxygen atoms in total. The normalized spacial score (nSPS) is 12.4. The quantitative estimate of drug-likeness (QED) is 0.619. The molecule has 0 saturated heterocycles. The number of nitriles is 1. The Balaban J connectivity index is 2.36. The van der Waals surface area contributed by atoms with Crippen LogP contribution in [0.15, 0.2) is 17.5 Å². The van der Waals surface area contributed by atoms with Crippen molar-refractivity contribution in [3.8, 4) is 23.1 Å². The molecule has 5 heteroatoms. The van der Waals surface area contributed by atoms with Crippen LogP contribution in [0.25, 0.3) is 11.3 Å². The van der Waals surface area contributed by atoms with Gasteiger partial charge in [0.1, 0.15) is 10.8 Å². The van der Waals surface area contributed by atoms with Crippen LogP contribution in [0.5, 0.6) is 5.75 Å². The van der Waals surface area contributed by atoms with E-state index in [4.69, 9.17) is 10.2 Å². The van der Waals surface area contributed by atoms with Crippen molar-refractivity contribution in [2.24, 2.45) is 0 Å². The Labute approximate surface area is 173 Å². The molecule has 0 aliphatic carbocycles. The second kappa shape index (κ2) is 8.63. The molecule has 0 aliphatic rings. The van der Waals surface area contributed by atoms with Gasteiger partial charge in [0.25, 0.3) is 0 Å². The Bertz CT molecular complexity index is 815. The molecular formula is C23H33N3OS. The molecule has 2 aromatic rings. The zero-order valence-electron chi connectivity index (χ0n) is 18.3. The van der Waals surface area contributed by atoms with Gasteiger partial charge >= 0.3 is 0 Å². The predicted octanol–water partition coefficient (Wildman–Crippen LogP) is 5.85. The molecule has 28 heavy (non-hydrogen) atoms. The van der Waals surface area contributed by atoms with Gasteiger partial charge in [-0.1, -0.05) is 41.5 Å². The van der Waals surface area contributed by atoms with Crippen LogP contribution in [0.2, 0.25) is 0 Å². The van der Waals surface area contributed by atoms with E-state index in [1.54, 1.807) is 11.3 Å². The number of aromatic hydroxyl groups is 1. The van der Waals surface area contributed by atoms with Crippen molar-refractivity contribution >= 4 is 11.3 Å². The van der Waals surface area contributed by atoms with Crippen LogP contribution in [0.3, 0.4) is 0 Å². The minimum atomic E-state index is -0.153. The number of unbranched alkanes of at least 4 members (excludes halogenated alkanes) is 1. The summed E-state index contributed by atoms with van der Waals surface area (Å²) < 4.78 is 0. The average molecular weight is 400 g/mol. The summed E-state index contributed by atoms with van der Waals surface area (Å²) in [5.41, 5.74) is 3.62. The summed E-state index contributed by atoms with van der Waals surface area (Å²) >= 11 is 1.66. The predicted molar refractivity (Wildman–Crippen MR) is 118 cm³/mol. The molecule has 1 N–H and O–H groups in total. The SMILES string of the molecule is CN(CCCC#N)Cc1nc(-c2cc(C(C)(C)C)c(O)c(C(C)(C)C)c2)cs1. The van der Waals surface area contributed by atoms with Gasteiger partial charge in [0, 0.05) is 28.5 Å². The van der Waals surface area contributed by atoms with E-state index in [1.165, 1.54) is 0 Å². The molecule has 0 aliphatic heterocycles. The molecule has 0 saturated carbocycles. The van der Waals surface area contributed by atoms with E-state index in [-0.39, 0.29) is 10.8 Å². The smallest absolute Gasteiger partial charge is 0.123 e. The summed E-state index contributed by atoms with van der Waals surface area (Å²) in [5, 5.41) is 22.8. The van der Waals surface area contributed by atoms with Gasteiger partial charge < -0.3 is 5.11 Å². The van der Waals surface area contributed by atoms with Gasteiger partial charge in [0.05, 0.1) is 18.3 Å². The fraction of sp³-hybridized carbons (Fsp3) is 0.565. The van der Waals surface area contributed by atoms with Crippen molar-refractivity contribution in [1.82, 2.24) is 9.88 Å². The number of nitrogens with zero attached hydrogens (tertiary/aromatic N) is 3. The number of phenolic OH excluding ortho intramolecular Hbond substituents is 1. The Hall–Kier alpha value is -1.90. The summed E-state index contributed by atoms with van der Waals surface area (Å²) in [6.45, 7) is 14.4. The van der Waals surface area contributed by atoms with Crippen molar-refractivity contribution in [2.45, 2.75) is 71.8 Å². The first-order chi connectivity index (χ1) is 12.9. The largest absolute Gasteiger partial charge is 0.507 e. The minimum Gasteiger partial charge on any atom is -0.507 e. The zero-order chi connectivity index (χ0) is 21.1. The molecule has 1 aromatic heterocycles.